The van der Waals surface area contributed by atoms with Gasteiger partial charge in [-0.1, -0.05) is 25.5 Å². The van der Waals surface area contributed by atoms with Gasteiger partial charge in [0.25, 0.3) is 0 Å². The first-order valence-electron chi connectivity index (χ1n) is 7.16. The van der Waals surface area contributed by atoms with Crippen LogP contribution in [0.5, 0.6) is 5.75 Å². The van der Waals surface area contributed by atoms with Crippen molar-refractivity contribution in [2.24, 2.45) is 0 Å². The Morgan fingerprint density at radius 1 is 1.15 bits per heavy atom. The minimum atomic E-state index is 0.133. The number of hydrogen-bond donors (Lipinski definition) is 2. The highest BCUT2D eigenvalue weighted by Crippen LogP contribution is 2.15. The molecule has 108 valence electrons. The molecule has 0 bridgehead atoms. The van der Waals surface area contributed by atoms with Crippen LogP contribution in [-0.4, -0.2) is 26.4 Å². The van der Waals surface area contributed by atoms with Gasteiger partial charge in [0.2, 0.25) is 0 Å². The van der Waals surface area contributed by atoms with E-state index in [-0.39, 0.29) is 12.4 Å². The van der Waals surface area contributed by atoms with Gasteiger partial charge in [0.1, 0.15) is 11.6 Å². The van der Waals surface area contributed by atoms with Crippen molar-refractivity contribution in [2.45, 2.75) is 39.2 Å². The van der Waals surface area contributed by atoms with E-state index in [9.17, 15) is 5.11 Å². The van der Waals surface area contributed by atoms with Crippen LogP contribution in [0.3, 0.4) is 0 Å². The molecule has 20 heavy (non-hydrogen) atoms. The molecule has 0 saturated carbocycles. The van der Waals surface area contributed by atoms with Crippen molar-refractivity contribution in [1.29, 1.82) is 0 Å². The zero-order valence-corrected chi connectivity index (χ0v) is 11.9. The second kappa shape index (κ2) is 7.10. The van der Waals surface area contributed by atoms with E-state index >= 15 is 0 Å². The molecule has 1 aromatic carbocycles. The highest BCUT2D eigenvalue weighted by Gasteiger charge is 2.10. The lowest BCUT2D eigenvalue weighted by atomic mass is 10.2. The molecule has 0 aliphatic carbocycles. The van der Waals surface area contributed by atoms with Crippen LogP contribution in [0.15, 0.2) is 30.5 Å². The fourth-order valence-corrected chi connectivity index (χ4v) is 2.28. The maximum Gasteiger partial charge on any atom is 0.115 e. The standard InChI is InChI=1S/C16H22N2O2/c1-2-3-4-16-17-11-14(9-10-19)18(16)12-13-5-7-15(20)8-6-13/h5-8,11,19-20H,2-4,9-10,12H2,1H3. The van der Waals surface area contributed by atoms with E-state index in [0.717, 1.165) is 42.9 Å². The molecule has 1 heterocycles. The van der Waals surface area contributed by atoms with E-state index in [0.29, 0.717) is 6.42 Å². The Morgan fingerprint density at radius 2 is 1.90 bits per heavy atom. The fraction of sp³-hybridized carbons (Fsp3) is 0.438. The number of nitrogens with zero attached hydrogens (tertiary/aromatic N) is 2. The average Bonchev–Trinajstić information content (AvgIpc) is 2.82. The first kappa shape index (κ1) is 14.6. The Bertz CT molecular complexity index is 532. The Kier molecular flexibility index (Phi) is 5.18. The first-order valence-corrected chi connectivity index (χ1v) is 7.16. The third-order valence-corrected chi connectivity index (χ3v) is 3.42. The van der Waals surface area contributed by atoms with Gasteiger partial charge in [-0.3, -0.25) is 0 Å². The number of aryl methyl sites for hydroxylation is 1. The van der Waals surface area contributed by atoms with E-state index < -0.39 is 0 Å². The van der Waals surface area contributed by atoms with Crippen LogP contribution in [0.2, 0.25) is 0 Å². The van der Waals surface area contributed by atoms with Gasteiger partial charge in [-0.05, 0) is 24.1 Å². The van der Waals surface area contributed by atoms with Gasteiger partial charge in [-0.2, -0.15) is 0 Å². The quantitative estimate of drug-likeness (QED) is 0.815. The number of rotatable bonds is 7. The van der Waals surface area contributed by atoms with Gasteiger partial charge in [0.15, 0.2) is 0 Å². The number of imidazole rings is 1. The largest absolute Gasteiger partial charge is 0.508 e. The molecule has 1 aromatic heterocycles. The number of aliphatic hydroxyl groups excluding tert-OH is 1. The van der Waals surface area contributed by atoms with E-state index in [1.807, 2.05) is 18.3 Å². The summed E-state index contributed by atoms with van der Waals surface area (Å²) in [6.07, 6.45) is 5.70. The number of aromatic nitrogens is 2. The Balaban J connectivity index is 2.22. The van der Waals surface area contributed by atoms with Crippen molar-refractivity contribution in [3.63, 3.8) is 0 Å². The number of phenols is 1. The predicted octanol–water partition coefficient (Wildman–Crippen LogP) is 2.51. The normalized spacial score (nSPS) is 10.9. The lowest BCUT2D eigenvalue weighted by molar-refractivity contribution is 0.296. The molecule has 2 rings (SSSR count). The lowest BCUT2D eigenvalue weighted by Crippen LogP contribution is -2.10. The summed E-state index contributed by atoms with van der Waals surface area (Å²) in [5.74, 6) is 1.35. The molecule has 2 aromatic rings. The summed E-state index contributed by atoms with van der Waals surface area (Å²) < 4.78 is 2.18. The highest BCUT2D eigenvalue weighted by atomic mass is 16.3. The molecular weight excluding hydrogens is 252 g/mol. The number of unbranched alkanes of at least 4 members (excludes halogenated alkanes) is 1. The molecule has 0 unspecified atom stereocenters. The maximum atomic E-state index is 9.34. The third-order valence-electron chi connectivity index (χ3n) is 3.42. The van der Waals surface area contributed by atoms with Crippen LogP contribution in [0, 0.1) is 0 Å². The Hall–Kier alpha value is -1.81. The van der Waals surface area contributed by atoms with Crippen molar-refractivity contribution in [2.75, 3.05) is 6.61 Å². The molecule has 0 aliphatic heterocycles. The summed E-state index contributed by atoms with van der Waals surface area (Å²) in [5.41, 5.74) is 2.18. The molecule has 0 aliphatic rings. The smallest absolute Gasteiger partial charge is 0.115 e. The predicted molar refractivity (Wildman–Crippen MR) is 78.8 cm³/mol. The SMILES string of the molecule is CCCCc1ncc(CCO)n1Cc1ccc(O)cc1. The summed E-state index contributed by atoms with van der Waals surface area (Å²) in [6, 6.07) is 7.23. The number of aliphatic hydroxyl groups is 1. The van der Waals surface area contributed by atoms with Crippen molar-refractivity contribution >= 4 is 0 Å². The van der Waals surface area contributed by atoms with E-state index in [1.165, 1.54) is 0 Å². The zero-order valence-electron chi connectivity index (χ0n) is 11.9. The molecular formula is C16H22N2O2. The Labute approximate surface area is 119 Å². The molecule has 0 saturated heterocycles. The molecule has 4 nitrogen and oxygen atoms in total. The van der Waals surface area contributed by atoms with Crippen LogP contribution in [0.1, 0.15) is 36.8 Å². The van der Waals surface area contributed by atoms with Gasteiger partial charge < -0.3 is 14.8 Å². The maximum absolute atomic E-state index is 9.34. The average molecular weight is 274 g/mol. The van der Waals surface area contributed by atoms with Crippen LogP contribution in [-0.2, 0) is 19.4 Å². The highest BCUT2D eigenvalue weighted by molar-refractivity contribution is 5.26. The van der Waals surface area contributed by atoms with E-state index in [2.05, 4.69) is 16.5 Å². The van der Waals surface area contributed by atoms with E-state index in [1.54, 1.807) is 12.1 Å². The second-order valence-electron chi connectivity index (χ2n) is 5.00. The van der Waals surface area contributed by atoms with Gasteiger partial charge in [-0.15, -0.1) is 0 Å². The summed E-state index contributed by atoms with van der Waals surface area (Å²) >= 11 is 0. The van der Waals surface area contributed by atoms with Gasteiger partial charge >= 0.3 is 0 Å². The van der Waals surface area contributed by atoms with Gasteiger partial charge in [-0.25, -0.2) is 4.98 Å². The number of hydrogen-bond acceptors (Lipinski definition) is 3. The van der Waals surface area contributed by atoms with Crippen molar-refractivity contribution in [3.8, 4) is 5.75 Å². The van der Waals surface area contributed by atoms with Crippen LogP contribution < -0.4 is 0 Å². The number of benzene rings is 1. The Morgan fingerprint density at radius 3 is 2.55 bits per heavy atom. The topological polar surface area (TPSA) is 58.3 Å². The molecule has 0 spiro atoms. The second-order valence-corrected chi connectivity index (χ2v) is 5.00. The first-order chi connectivity index (χ1) is 9.74. The van der Waals surface area contributed by atoms with Gasteiger partial charge in [0, 0.05) is 37.9 Å². The van der Waals surface area contributed by atoms with Crippen LogP contribution in [0.25, 0.3) is 0 Å². The molecule has 0 amide bonds. The molecule has 0 radical (unpaired) electrons. The molecule has 4 heteroatoms. The van der Waals surface area contributed by atoms with Crippen molar-refractivity contribution in [1.82, 2.24) is 9.55 Å². The van der Waals surface area contributed by atoms with E-state index in [4.69, 9.17) is 5.11 Å². The third kappa shape index (κ3) is 3.61. The summed E-state index contributed by atoms with van der Waals surface area (Å²) in [7, 11) is 0. The van der Waals surface area contributed by atoms with Crippen molar-refractivity contribution in [3.05, 3.63) is 47.5 Å². The van der Waals surface area contributed by atoms with Crippen LogP contribution in [0.4, 0.5) is 0 Å². The summed E-state index contributed by atoms with van der Waals surface area (Å²) in [5, 5.41) is 18.5. The fourth-order valence-electron chi connectivity index (χ4n) is 2.28. The molecule has 2 N–H and O–H groups in total. The minimum absolute atomic E-state index is 0.133. The lowest BCUT2D eigenvalue weighted by Gasteiger charge is -2.12. The van der Waals surface area contributed by atoms with Crippen molar-refractivity contribution < 1.29 is 10.2 Å². The number of aromatic hydroxyl groups is 1. The number of phenolic OH excluding ortho intramolecular Hbond substituents is 1. The monoisotopic (exact) mass is 274 g/mol. The summed E-state index contributed by atoms with van der Waals surface area (Å²) in [4.78, 5) is 4.49. The molecule has 0 fully saturated rings. The minimum Gasteiger partial charge on any atom is -0.508 e. The van der Waals surface area contributed by atoms with Crippen LogP contribution >= 0.6 is 0 Å². The molecule has 0 atom stereocenters. The zero-order chi connectivity index (χ0) is 14.4. The van der Waals surface area contributed by atoms with Gasteiger partial charge in [0.05, 0.1) is 0 Å². The summed E-state index contributed by atoms with van der Waals surface area (Å²) in [6.45, 7) is 3.03.